The topological polar surface area (TPSA) is 82.9 Å². The Morgan fingerprint density at radius 2 is 1.94 bits per heavy atom. The number of carboxylic acids is 1. The molecular weight excluding hydrogens is 440 g/mol. The molecule has 0 unspecified atom stereocenters. The third-order valence-electron chi connectivity index (χ3n) is 8.44. The molecule has 1 aliphatic carbocycles. The van der Waals surface area contributed by atoms with Crippen LogP contribution in [-0.4, -0.2) is 52.8 Å². The van der Waals surface area contributed by atoms with E-state index < -0.39 is 12.1 Å². The number of nitrogens with zero attached hydrogens (tertiary/aromatic N) is 2. The van der Waals surface area contributed by atoms with Crippen LogP contribution in [-0.2, 0) is 4.79 Å². The number of benzene rings is 1. The molecule has 1 aliphatic heterocycles. The van der Waals surface area contributed by atoms with Gasteiger partial charge in [0.1, 0.15) is 5.75 Å². The van der Waals surface area contributed by atoms with Crippen LogP contribution in [0, 0.1) is 17.8 Å². The number of pyridine rings is 1. The molecule has 192 valence electrons. The maximum atomic E-state index is 11.3. The molecule has 0 bridgehead atoms. The van der Waals surface area contributed by atoms with Crippen LogP contribution in [0.5, 0.6) is 5.75 Å². The van der Waals surface area contributed by atoms with Crippen LogP contribution in [0.4, 0.5) is 0 Å². The normalized spacial score (nSPS) is 22.8. The van der Waals surface area contributed by atoms with Crippen molar-refractivity contribution in [1.29, 1.82) is 0 Å². The lowest BCUT2D eigenvalue weighted by molar-refractivity contribution is -0.137. The molecule has 1 aromatic carbocycles. The van der Waals surface area contributed by atoms with Gasteiger partial charge in [-0.1, -0.05) is 32.1 Å². The summed E-state index contributed by atoms with van der Waals surface area (Å²) in [7, 11) is 1.65. The second-order valence-corrected chi connectivity index (χ2v) is 10.7. The largest absolute Gasteiger partial charge is 0.497 e. The highest BCUT2D eigenvalue weighted by atomic mass is 16.5. The van der Waals surface area contributed by atoms with Gasteiger partial charge in [-0.3, -0.25) is 9.78 Å². The second kappa shape index (κ2) is 12.7. The molecule has 0 amide bonds. The molecule has 2 fully saturated rings. The number of aliphatic hydroxyl groups is 1. The van der Waals surface area contributed by atoms with Crippen LogP contribution >= 0.6 is 0 Å². The van der Waals surface area contributed by atoms with Crippen molar-refractivity contribution in [3.8, 4) is 5.75 Å². The van der Waals surface area contributed by atoms with Gasteiger partial charge in [-0.2, -0.15) is 0 Å². The molecule has 0 radical (unpaired) electrons. The molecule has 1 saturated carbocycles. The molecular formula is C29H42N2O4. The minimum atomic E-state index is -0.708. The Balaban J connectivity index is 1.36. The fourth-order valence-corrected chi connectivity index (χ4v) is 6.31. The molecule has 35 heavy (non-hydrogen) atoms. The Kier molecular flexibility index (Phi) is 9.38. The van der Waals surface area contributed by atoms with E-state index >= 15 is 0 Å². The van der Waals surface area contributed by atoms with Gasteiger partial charge in [0.05, 0.1) is 18.7 Å². The van der Waals surface area contributed by atoms with Crippen LogP contribution in [0.25, 0.3) is 10.9 Å². The molecule has 6 nitrogen and oxygen atoms in total. The predicted octanol–water partition coefficient (Wildman–Crippen LogP) is 5.83. The van der Waals surface area contributed by atoms with Gasteiger partial charge in [0, 0.05) is 24.5 Å². The van der Waals surface area contributed by atoms with Crippen LogP contribution in [0.15, 0.2) is 30.5 Å². The molecule has 1 aromatic heterocycles. The molecule has 6 heteroatoms. The van der Waals surface area contributed by atoms with Gasteiger partial charge in [0.25, 0.3) is 0 Å². The first-order chi connectivity index (χ1) is 17.0. The van der Waals surface area contributed by atoms with E-state index in [4.69, 9.17) is 4.74 Å². The van der Waals surface area contributed by atoms with Crippen LogP contribution in [0.1, 0.15) is 82.3 Å². The lowest BCUT2D eigenvalue weighted by Crippen LogP contribution is -2.41. The zero-order valence-electron chi connectivity index (χ0n) is 21.2. The van der Waals surface area contributed by atoms with Gasteiger partial charge < -0.3 is 19.8 Å². The van der Waals surface area contributed by atoms with Gasteiger partial charge in [-0.25, -0.2) is 0 Å². The zero-order valence-corrected chi connectivity index (χ0v) is 21.2. The molecule has 3 atom stereocenters. The van der Waals surface area contributed by atoms with Gasteiger partial charge in [-0.05, 0) is 92.8 Å². The number of hydrogen-bond donors (Lipinski definition) is 2. The van der Waals surface area contributed by atoms with E-state index in [0.29, 0.717) is 18.3 Å². The highest BCUT2D eigenvalue weighted by Crippen LogP contribution is 2.36. The van der Waals surface area contributed by atoms with Gasteiger partial charge in [-0.15, -0.1) is 0 Å². The number of aliphatic carboxylic acids is 1. The van der Waals surface area contributed by atoms with Crippen molar-refractivity contribution in [2.45, 2.75) is 76.7 Å². The quantitative estimate of drug-likeness (QED) is 0.419. The van der Waals surface area contributed by atoms with Crippen molar-refractivity contribution in [2.24, 2.45) is 17.8 Å². The number of likely N-dealkylation sites (tertiary alicyclic amines) is 1. The Labute approximate surface area is 209 Å². The number of hydrogen-bond acceptors (Lipinski definition) is 5. The Morgan fingerprint density at radius 3 is 2.71 bits per heavy atom. The molecule has 0 spiro atoms. The number of carbonyl (C=O) groups is 1. The summed E-state index contributed by atoms with van der Waals surface area (Å²) in [6, 6.07) is 7.67. The van der Waals surface area contributed by atoms with Crippen molar-refractivity contribution in [2.75, 3.05) is 26.7 Å². The standard InChI is InChI=1S/C29H42N2O4/c1-35-24-9-10-27-26(19-24)25(13-16-30-27)28(32)11-7-22-15-18-31(20-23(22)8-12-29(33)34)17-14-21-5-3-2-4-6-21/h9-10,13,16,19,21-23,28,32H,2-8,11-12,14-15,17-18,20H2,1H3,(H,33,34)/t22-,23-,28-/m1/s1. The monoisotopic (exact) mass is 482 g/mol. The smallest absolute Gasteiger partial charge is 0.303 e. The third-order valence-corrected chi connectivity index (χ3v) is 8.44. The summed E-state index contributed by atoms with van der Waals surface area (Å²) in [6.45, 7) is 3.23. The number of aliphatic hydroxyl groups excluding tert-OH is 1. The average Bonchev–Trinajstić information content (AvgIpc) is 2.89. The summed E-state index contributed by atoms with van der Waals surface area (Å²) >= 11 is 0. The lowest BCUT2D eigenvalue weighted by Gasteiger charge is -2.39. The first-order valence-corrected chi connectivity index (χ1v) is 13.6. The van der Waals surface area contributed by atoms with E-state index in [1.54, 1.807) is 13.3 Å². The molecule has 2 aliphatic rings. The fraction of sp³-hybridized carbons (Fsp3) is 0.655. The molecule has 2 N–H and O–H groups in total. The molecule has 2 heterocycles. The number of fused-ring (bicyclic) bond motifs is 1. The van der Waals surface area contributed by atoms with E-state index in [2.05, 4.69) is 9.88 Å². The molecule has 1 saturated heterocycles. The van der Waals surface area contributed by atoms with Crippen molar-refractivity contribution >= 4 is 16.9 Å². The SMILES string of the molecule is COc1ccc2nccc([C@H](O)CC[C@@H]3CCN(CCC4CCCCC4)C[C@H]3CCC(=O)O)c2c1. The summed E-state index contributed by atoms with van der Waals surface area (Å²) < 4.78 is 5.38. The third kappa shape index (κ3) is 7.17. The van der Waals surface area contributed by atoms with Gasteiger partial charge in [0.2, 0.25) is 0 Å². The number of aromatic nitrogens is 1. The summed E-state index contributed by atoms with van der Waals surface area (Å²) in [6.07, 6.45) is 13.0. The highest BCUT2D eigenvalue weighted by Gasteiger charge is 2.30. The minimum absolute atomic E-state index is 0.231. The summed E-state index contributed by atoms with van der Waals surface area (Å²) in [4.78, 5) is 18.3. The fourth-order valence-electron chi connectivity index (χ4n) is 6.31. The highest BCUT2D eigenvalue weighted by molar-refractivity contribution is 5.83. The maximum Gasteiger partial charge on any atom is 0.303 e. The number of methoxy groups -OCH3 is 1. The van der Waals surface area contributed by atoms with Crippen molar-refractivity contribution < 1.29 is 19.7 Å². The van der Waals surface area contributed by atoms with E-state index in [0.717, 1.165) is 67.0 Å². The zero-order chi connectivity index (χ0) is 24.6. The number of ether oxygens (including phenoxy) is 1. The Morgan fingerprint density at radius 1 is 1.11 bits per heavy atom. The lowest BCUT2D eigenvalue weighted by atomic mass is 9.78. The minimum Gasteiger partial charge on any atom is -0.497 e. The van der Waals surface area contributed by atoms with Gasteiger partial charge >= 0.3 is 5.97 Å². The van der Waals surface area contributed by atoms with Crippen molar-refractivity contribution in [1.82, 2.24) is 9.88 Å². The number of carboxylic acid groups (broad SMARTS) is 1. The van der Waals surface area contributed by atoms with Crippen molar-refractivity contribution in [3.05, 3.63) is 36.0 Å². The van der Waals surface area contributed by atoms with E-state index in [1.165, 1.54) is 38.5 Å². The summed E-state index contributed by atoms with van der Waals surface area (Å²) in [5.41, 5.74) is 1.74. The summed E-state index contributed by atoms with van der Waals surface area (Å²) in [5, 5.41) is 21.4. The van der Waals surface area contributed by atoms with E-state index in [9.17, 15) is 15.0 Å². The van der Waals surface area contributed by atoms with Crippen molar-refractivity contribution in [3.63, 3.8) is 0 Å². The van der Waals surface area contributed by atoms with Gasteiger partial charge in [0.15, 0.2) is 0 Å². The molecule has 2 aromatic rings. The Hall–Kier alpha value is -2.18. The predicted molar refractivity (Wildman–Crippen MR) is 139 cm³/mol. The number of rotatable bonds is 11. The van der Waals surface area contributed by atoms with Crippen LogP contribution in [0.2, 0.25) is 0 Å². The van der Waals surface area contributed by atoms with E-state index in [-0.39, 0.29) is 6.42 Å². The average molecular weight is 483 g/mol. The molecule has 4 rings (SSSR count). The second-order valence-electron chi connectivity index (χ2n) is 10.7. The first kappa shape index (κ1) is 25.9. The van der Waals surface area contributed by atoms with Crippen LogP contribution in [0.3, 0.4) is 0 Å². The first-order valence-electron chi connectivity index (χ1n) is 13.6. The van der Waals surface area contributed by atoms with Crippen LogP contribution < -0.4 is 4.74 Å². The maximum absolute atomic E-state index is 11.3. The van der Waals surface area contributed by atoms with E-state index in [1.807, 2.05) is 24.3 Å². The Bertz CT molecular complexity index is 959. The summed E-state index contributed by atoms with van der Waals surface area (Å²) in [5.74, 6) is 1.77. The number of piperidine rings is 1.